The highest BCUT2D eigenvalue weighted by Crippen LogP contribution is 2.12. The van der Waals surface area contributed by atoms with Gasteiger partial charge in [0.1, 0.15) is 0 Å². The van der Waals surface area contributed by atoms with Gasteiger partial charge in [0, 0.05) is 16.3 Å². The summed E-state index contributed by atoms with van der Waals surface area (Å²) in [4.78, 5) is 15.9. The molecule has 0 radical (unpaired) electrons. The first-order valence-corrected chi connectivity index (χ1v) is 5.52. The first kappa shape index (κ1) is 11.6. The van der Waals surface area contributed by atoms with Gasteiger partial charge in [-0.1, -0.05) is 11.6 Å². The zero-order chi connectivity index (χ0) is 12.3. The van der Waals surface area contributed by atoms with E-state index in [-0.39, 0.29) is 5.91 Å². The monoisotopic (exact) mass is 246 g/mol. The molecule has 0 aliphatic rings. The molecule has 4 heteroatoms. The van der Waals surface area contributed by atoms with Crippen molar-refractivity contribution in [3.63, 3.8) is 0 Å². The van der Waals surface area contributed by atoms with Gasteiger partial charge in [0.25, 0.3) is 5.91 Å². The van der Waals surface area contributed by atoms with Crippen molar-refractivity contribution < 1.29 is 4.79 Å². The van der Waals surface area contributed by atoms with Gasteiger partial charge in [-0.15, -0.1) is 0 Å². The van der Waals surface area contributed by atoms with Gasteiger partial charge >= 0.3 is 0 Å². The molecule has 1 aromatic carbocycles. The molecule has 86 valence electrons. The normalized spacial score (nSPS) is 10.0. The Labute approximate surface area is 104 Å². The summed E-state index contributed by atoms with van der Waals surface area (Å²) in [6.45, 7) is 1.89. The summed E-state index contributed by atoms with van der Waals surface area (Å²) >= 11 is 5.75. The number of rotatable bonds is 2. The van der Waals surface area contributed by atoms with Crippen molar-refractivity contribution in [3.8, 4) is 0 Å². The molecule has 2 aromatic rings. The number of halogens is 1. The first-order chi connectivity index (χ1) is 8.15. The summed E-state index contributed by atoms with van der Waals surface area (Å²) in [5, 5.41) is 3.37. The van der Waals surface area contributed by atoms with E-state index in [0.717, 1.165) is 5.69 Å². The fourth-order valence-corrected chi connectivity index (χ4v) is 1.47. The van der Waals surface area contributed by atoms with Crippen LogP contribution in [-0.4, -0.2) is 10.9 Å². The summed E-state index contributed by atoms with van der Waals surface area (Å²) in [6, 6.07) is 10.4. The predicted octanol–water partition coefficient (Wildman–Crippen LogP) is 3.30. The van der Waals surface area contributed by atoms with Crippen molar-refractivity contribution in [1.29, 1.82) is 0 Å². The number of nitrogens with one attached hydrogen (secondary N) is 1. The smallest absolute Gasteiger partial charge is 0.255 e. The summed E-state index contributed by atoms with van der Waals surface area (Å²) < 4.78 is 0. The van der Waals surface area contributed by atoms with Crippen molar-refractivity contribution in [3.05, 3.63) is 58.9 Å². The molecular weight excluding hydrogens is 236 g/mol. The molecule has 2 rings (SSSR count). The number of amides is 1. The van der Waals surface area contributed by atoms with Crippen LogP contribution >= 0.6 is 11.6 Å². The summed E-state index contributed by atoms with van der Waals surface area (Å²) in [5.41, 5.74) is 2.15. The van der Waals surface area contributed by atoms with E-state index in [1.165, 1.54) is 0 Å². The van der Waals surface area contributed by atoms with E-state index in [9.17, 15) is 4.79 Å². The zero-order valence-corrected chi connectivity index (χ0v) is 10.0. The third kappa shape index (κ3) is 3.04. The van der Waals surface area contributed by atoms with Crippen LogP contribution in [0, 0.1) is 6.92 Å². The second-order valence-corrected chi connectivity index (χ2v) is 4.09. The first-order valence-electron chi connectivity index (χ1n) is 5.15. The molecule has 1 aromatic heterocycles. The fourth-order valence-electron chi connectivity index (χ4n) is 1.35. The molecule has 0 fully saturated rings. The SMILES string of the molecule is Cc1ccc(NC(=O)c2ccc(Cl)cc2)cn1. The Balaban J connectivity index is 2.11. The molecule has 1 amide bonds. The molecule has 0 spiro atoms. The summed E-state index contributed by atoms with van der Waals surface area (Å²) in [7, 11) is 0. The number of nitrogens with zero attached hydrogens (tertiary/aromatic N) is 1. The molecule has 0 aliphatic carbocycles. The van der Waals surface area contributed by atoms with E-state index < -0.39 is 0 Å². The fraction of sp³-hybridized carbons (Fsp3) is 0.0769. The number of benzene rings is 1. The Bertz CT molecular complexity index is 520. The van der Waals surface area contributed by atoms with Crippen molar-refractivity contribution >= 4 is 23.2 Å². The molecule has 1 heterocycles. The Hall–Kier alpha value is -1.87. The number of hydrogen-bond acceptors (Lipinski definition) is 2. The third-order valence-electron chi connectivity index (χ3n) is 2.28. The number of carbonyl (C=O) groups is 1. The number of hydrogen-bond donors (Lipinski definition) is 1. The molecule has 3 nitrogen and oxygen atoms in total. The molecule has 0 unspecified atom stereocenters. The Morgan fingerprint density at radius 1 is 1.18 bits per heavy atom. The highest BCUT2D eigenvalue weighted by Gasteiger charge is 2.05. The van der Waals surface area contributed by atoms with Crippen molar-refractivity contribution in [2.75, 3.05) is 5.32 Å². The molecule has 17 heavy (non-hydrogen) atoms. The minimum Gasteiger partial charge on any atom is -0.321 e. The minimum atomic E-state index is -0.174. The average molecular weight is 247 g/mol. The molecule has 0 saturated heterocycles. The highest BCUT2D eigenvalue weighted by atomic mass is 35.5. The van der Waals surface area contributed by atoms with Crippen LogP contribution in [0.4, 0.5) is 5.69 Å². The lowest BCUT2D eigenvalue weighted by atomic mass is 10.2. The van der Waals surface area contributed by atoms with E-state index in [0.29, 0.717) is 16.3 Å². The lowest BCUT2D eigenvalue weighted by molar-refractivity contribution is 0.102. The average Bonchev–Trinajstić information content (AvgIpc) is 2.33. The van der Waals surface area contributed by atoms with E-state index in [1.54, 1.807) is 30.5 Å². The second-order valence-electron chi connectivity index (χ2n) is 3.65. The Morgan fingerprint density at radius 2 is 1.88 bits per heavy atom. The van der Waals surface area contributed by atoms with Gasteiger partial charge in [-0.05, 0) is 43.3 Å². The molecular formula is C13H11ClN2O. The second kappa shape index (κ2) is 4.97. The maximum atomic E-state index is 11.8. The number of pyridine rings is 1. The van der Waals surface area contributed by atoms with Crippen molar-refractivity contribution in [2.45, 2.75) is 6.92 Å². The minimum absolute atomic E-state index is 0.174. The molecule has 0 bridgehead atoms. The standard InChI is InChI=1S/C13H11ClN2O/c1-9-2-7-12(8-15-9)16-13(17)10-3-5-11(14)6-4-10/h2-8H,1H3,(H,16,17). The summed E-state index contributed by atoms with van der Waals surface area (Å²) in [5.74, 6) is -0.174. The molecule has 0 saturated carbocycles. The van der Waals surface area contributed by atoms with E-state index in [1.807, 2.05) is 19.1 Å². The van der Waals surface area contributed by atoms with Crippen LogP contribution in [0.2, 0.25) is 5.02 Å². The number of carbonyl (C=O) groups excluding carboxylic acids is 1. The van der Waals surface area contributed by atoms with Crippen LogP contribution < -0.4 is 5.32 Å². The Kier molecular flexibility index (Phi) is 3.40. The lowest BCUT2D eigenvalue weighted by Crippen LogP contribution is -2.11. The van der Waals surface area contributed by atoms with Crippen LogP contribution in [-0.2, 0) is 0 Å². The topological polar surface area (TPSA) is 42.0 Å². The predicted molar refractivity (Wildman–Crippen MR) is 68.4 cm³/mol. The van der Waals surface area contributed by atoms with E-state index in [2.05, 4.69) is 10.3 Å². The molecule has 1 N–H and O–H groups in total. The van der Waals surface area contributed by atoms with E-state index in [4.69, 9.17) is 11.6 Å². The third-order valence-corrected chi connectivity index (χ3v) is 2.53. The van der Waals surface area contributed by atoms with Gasteiger partial charge in [0.15, 0.2) is 0 Å². The Morgan fingerprint density at radius 3 is 2.47 bits per heavy atom. The molecule has 0 atom stereocenters. The number of aryl methyl sites for hydroxylation is 1. The number of anilines is 1. The van der Waals surface area contributed by atoms with Crippen LogP contribution in [0.5, 0.6) is 0 Å². The highest BCUT2D eigenvalue weighted by molar-refractivity contribution is 6.30. The number of aromatic nitrogens is 1. The summed E-state index contributed by atoms with van der Waals surface area (Å²) in [6.07, 6.45) is 1.63. The van der Waals surface area contributed by atoms with Gasteiger partial charge in [-0.25, -0.2) is 0 Å². The van der Waals surface area contributed by atoms with Gasteiger partial charge in [-0.2, -0.15) is 0 Å². The van der Waals surface area contributed by atoms with Crippen LogP contribution in [0.1, 0.15) is 16.1 Å². The van der Waals surface area contributed by atoms with Gasteiger partial charge < -0.3 is 5.32 Å². The quantitative estimate of drug-likeness (QED) is 0.884. The van der Waals surface area contributed by atoms with Crippen molar-refractivity contribution in [1.82, 2.24) is 4.98 Å². The largest absolute Gasteiger partial charge is 0.321 e. The lowest BCUT2D eigenvalue weighted by Gasteiger charge is -2.05. The van der Waals surface area contributed by atoms with Crippen LogP contribution in [0.3, 0.4) is 0 Å². The molecule has 0 aliphatic heterocycles. The van der Waals surface area contributed by atoms with Crippen LogP contribution in [0.25, 0.3) is 0 Å². The van der Waals surface area contributed by atoms with Crippen molar-refractivity contribution in [2.24, 2.45) is 0 Å². The van der Waals surface area contributed by atoms with E-state index >= 15 is 0 Å². The zero-order valence-electron chi connectivity index (χ0n) is 9.27. The maximum Gasteiger partial charge on any atom is 0.255 e. The van der Waals surface area contributed by atoms with Gasteiger partial charge in [0.2, 0.25) is 0 Å². The van der Waals surface area contributed by atoms with Gasteiger partial charge in [0.05, 0.1) is 11.9 Å². The maximum absolute atomic E-state index is 11.8. The van der Waals surface area contributed by atoms with Gasteiger partial charge in [-0.3, -0.25) is 9.78 Å². The van der Waals surface area contributed by atoms with Crippen LogP contribution in [0.15, 0.2) is 42.6 Å².